The summed E-state index contributed by atoms with van der Waals surface area (Å²) in [6, 6.07) is 6.25. The summed E-state index contributed by atoms with van der Waals surface area (Å²) < 4.78 is 24.7. The fraction of sp³-hybridized carbons (Fsp3) is 0.467. The zero-order valence-electron chi connectivity index (χ0n) is 12.3. The van der Waals surface area contributed by atoms with Crippen molar-refractivity contribution in [2.24, 2.45) is 5.73 Å². The van der Waals surface area contributed by atoms with E-state index in [4.69, 9.17) is 5.73 Å². The minimum atomic E-state index is -2.89. The molecule has 5 heteroatoms. The number of nitrogens with two attached hydrogens (primary N) is 1. The number of aryl methyl sites for hydroxylation is 2. The van der Waals surface area contributed by atoms with Crippen LogP contribution in [0.4, 0.5) is 0 Å². The third-order valence-electron chi connectivity index (χ3n) is 3.84. The van der Waals surface area contributed by atoms with E-state index in [1.54, 1.807) is 0 Å². The Hall–Kier alpha value is -1.33. The Morgan fingerprint density at radius 1 is 1.25 bits per heavy atom. The summed E-state index contributed by atoms with van der Waals surface area (Å²) in [5.41, 5.74) is 10.4. The van der Waals surface area contributed by atoms with Gasteiger partial charge in [0.05, 0.1) is 5.75 Å². The average molecular weight is 294 g/mol. The summed E-state index contributed by atoms with van der Waals surface area (Å²) in [5, 5.41) is 1.21. The lowest BCUT2D eigenvalue weighted by molar-refractivity contribution is 0.592. The number of aromatic nitrogens is 1. The Labute approximate surface area is 120 Å². The molecule has 20 heavy (non-hydrogen) atoms. The standard InChI is InChI=1S/C15H22N2O2S/c1-11-12(2)17(7-4-8-20(3,18)19)15-6-5-13(10-16)9-14(11)15/h5-6,9H,4,7-8,10,16H2,1-3H3. The van der Waals surface area contributed by atoms with Gasteiger partial charge in [0.2, 0.25) is 0 Å². The van der Waals surface area contributed by atoms with E-state index in [0.717, 1.165) is 17.6 Å². The lowest BCUT2D eigenvalue weighted by Gasteiger charge is -2.08. The quantitative estimate of drug-likeness (QED) is 0.919. The zero-order valence-corrected chi connectivity index (χ0v) is 13.1. The monoisotopic (exact) mass is 294 g/mol. The van der Waals surface area contributed by atoms with Crippen LogP contribution in [-0.4, -0.2) is 25.0 Å². The van der Waals surface area contributed by atoms with E-state index in [2.05, 4.69) is 30.5 Å². The first-order valence-electron chi connectivity index (χ1n) is 6.79. The number of nitrogens with zero attached hydrogens (tertiary/aromatic N) is 1. The van der Waals surface area contributed by atoms with Gasteiger partial charge in [-0.15, -0.1) is 0 Å². The highest BCUT2D eigenvalue weighted by Crippen LogP contribution is 2.26. The topological polar surface area (TPSA) is 65.1 Å². The highest BCUT2D eigenvalue weighted by Gasteiger charge is 2.12. The van der Waals surface area contributed by atoms with Gasteiger partial charge >= 0.3 is 0 Å². The summed E-state index contributed by atoms with van der Waals surface area (Å²) in [6.07, 6.45) is 1.92. The molecule has 2 N–H and O–H groups in total. The van der Waals surface area contributed by atoms with Gasteiger partial charge in [-0.1, -0.05) is 6.07 Å². The van der Waals surface area contributed by atoms with Gasteiger partial charge in [0.1, 0.15) is 9.84 Å². The maximum atomic E-state index is 11.2. The molecule has 2 rings (SSSR count). The normalized spacial score (nSPS) is 12.2. The first-order valence-corrected chi connectivity index (χ1v) is 8.85. The molecule has 0 fully saturated rings. The molecule has 0 radical (unpaired) electrons. The van der Waals surface area contributed by atoms with E-state index in [0.29, 0.717) is 13.0 Å². The summed E-state index contributed by atoms with van der Waals surface area (Å²) in [7, 11) is -2.89. The van der Waals surface area contributed by atoms with Crippen molar-refractivity contribution in [1.82, 2.24) is 4.57 Å². The molecule has 0 aliphatic rings. The molecule has 0 saturated heterocycles. The lowest BCUT2D eigenvalue weighted by Crippen LogP contribution is -2.08. The van der Waals surface area contributed by atoms with E-state index >= 15 is 0 Å². The van der Waals surface area contributed by atoms with E-state index in [9.17, 15) is 8.42 Å². The van der Waals surface area contributed by atoms with Crippen LogP contribution in [0.5, 0.6) is 0 Å². The van der Waals surface area contributed by atoms with Crippen LogP contribution in [-0.2, 0) is 22.9 Å². The highest BCUT2D eigenvalue weighted by atomic mass is 32.2. The van der Waals surface area contributed by atoms with Crippen molar-refractivity contribution in [2.75, 3.05) is 12.0 Å². The molecular formula is C15H22N2O2S. The Bertz CT molecular complexity index is 730. The molecule has 0 aliphatic heterocycles. The third kappa shape index (κ3) is 3.04. The predicted molar refractivity (Wildman–Crippen MR) is 83.6 cm³/mol. The van der Waals surface area contributed by atoms with Gasteiger partial charge in [-0.3, -0.25) is 0 Å². The van der Waals surface area contributed by atoms with Gasteiger partial charge in [0, 0.05) is 35.9 Å². The molecule has 1 aromatic heterocycles. The maximum absolute atomic E-state index is 11.2. The molecule has 110 valence electrons. The van der Waals surface area contributed by atoms with Crippen LogP contribution >= 0.6 is 0 Å². The zero-order chi connectivity index (χ0) is 14.9. The van der Waals surface area contributed by atoms with E-state index in [-0.39, 0.29) is 5.75 Å². The van der Waals surface area contributed by atoms with Crippen LogP contribution in [0.25, 0.3) is 10.9 Å². The predicted octanol–water partition coefficient (Wildman–Crippen LogP) is 2.15. The molecule has 2 aromatic rings. The van der Waals surface area contributed by atoms with Crippen LogP contribution in [0.3, 0.4) is 0 Å². The second-order valence-electron chi connectivity index (χ2n) is 5.40. The molecule has 0 spiro atoms. The minimum absolute atomic E-state index is 0.228. The van der Waals surface area contributed by atoms with Crippen molar-refractivity contribution >= 4 is 20.7 Å². The van der Waals surface area contributed by atoms with Crippen LogP contribution in [0, 0.1) is 13.8 Å². The van der Waals surface area contributed by atoms with E-state index in [1.807, 2.05) is 6.07 Å². The van der Waals surface area contributed by atoms with Crippen LogP contribution in [0.15, 0.2) is 18.2 Å². The first kappa shape index (κ1) is 15.1. The van der Waals surface area contributed by atoms with Crippen molar-refractivity contribution in [3.8, 4) is 0 Å². The summed E-state index contributed by atoms with van der Waals surface area (Å²) in [5.74, 6) is 0.228. The van der Waals surface area contributed by atoms with Crippen molar-refractivity contribution in [3.05, 3.63) is 35.0 Å². The SMILES string of the molecule is Cc1c(C)n(CCCS(C)(=O)=O)c2ccc(CN)cc12. The van der Waals surface area contributed by atoms with Gasteiger partial charge in [0.15, 0.2) is 0 Å². The van der Waals surface area contributed by atoms with Gasteiger partial charge < -0.3 is 10.3 Å². The lowest BCUT2D eigenvalue weighted by atomic mass is 10.1. The number of benzene rings is 1. The molecule has 4 nitrogen and oxygen atoms in total. The summed E-state index contributed by atoms with van der Waals surface area (Å²) in [6.45, 7) is 5.45. The fourth-order valence-corrected chi connectivity index (χ4v) is 3.25. The van der Waals surface area contributed by atoms with Crippen molar-refractivity contribution in [1.29, 1.82) is 0 Å². The van der Waals surface area contributed by atoms with E-state index in [1.165, 1.54) is 22.9 Å². The average Bonchev–Trinajstić information content (AvgIpc) is 2.62. The molecule has 0 atom stereocenters. The maximum Gasteiger partial charge on any atom is 0.147 e. The van der Waals surface area contributed by atoms with Gasteiger partial charge in [-0.25, -0.2) is 8.42 Å². The van der Waals surface area contributed by atoms with Gasteiger partial charge in [-0.05, 0) is 43.5 Å². The number of hydrogen-bond acceptors (Lipinski definition) is 3. The molecule has 1 aromatic carbocycles. The number of rotatable bonds is 5. The molecule has 0 aliphatic carbocycles. The summed E-state index contributed by atoms with van der Waals surface area (Å²) in [4.78, 5) is 0. The number of fused-ring (bicyclic) bond motifs is 1. The number of sulfone groups is 1. The second kappa shape index (κ2) is 5.58. The Balaban J connectivity index is 2.36. The number of hydrogen-bond donors (Lipinski definition) is 1. The Kier molecular flexibility index (Phi) is 4.20. The summed E-state index contributed by atoms with van der Waals surface area (Å²) >= 11 is 0. The molecule has 0 bridgehead atoms. The molecule has 0 amide bonds. The first-order chi connectivity index (χ1) is 9.33. The Morgan fingerprint density at radius 2 is 1.95 bits per heavy atom. The van der Waals surface area contributed by atoms with Crippen molar-refractivity contribution in [2.45, 2.75) is 33.4 Å². The van der Waals surface area contributed by atoms with Crippen molar-refractivity contribution < 1.29 is 8.42 Å². The molecule has 0 unspecified atom stereocenters. The molecular weight excluding hydrogens is 272 g/mol. The van der Waals surface area contributed by atoms with E-state index < -0.39 is 9.84 Å². The van der Waals surface area contributed by atoms with Gasteiger partial charge in [0.25, 0.3) is 0 Å². The van der Waals surface area contributed by atoms with Crippen molar-refractivity contribution in [3.63, 3.8) is 0 Å². The fourth-order valence-electron chi connectivity index (χ4n) is 2.60. The third-order valence-corrected chi connectivity index (χ3v) is 4.87. The largest absolute Gasteiger partial charge is 0.345 e. The smallest absolute Gasteiger partial charge is 0.147 e. The van der Waals surface area contributed by atoms with Gasteiger partial charge in [-0.2, -0.15) is 0 Å². The van der Waals surface area contributed by atoms with Crippen LogP contribution in [0.2, 0.25) is 0 Å². The molecule has 0 saturated carbocycles. The van der Waals surface area contributed by atoms with Crippen LogP contribution < -0.4 is 5.73 Å². The Morgan fingerprint density at radius 3 is 2.55 bits per heavy atom. The molecule has 1 heterocycles. The second-order valence-corrected chi connectivity index (χ2v) is 7.66. The van der Waals surface area contributed by atoms with Crippen LogP contribution in [0.1, 0.15) is 23.2 Å². The minimum Gasteiger partial charge on any atom is -0.345 e. The highest BCUT2D eigenvalue weighted by molar-refractivity contribution is 7.90.